The zero-order valence-corrected chi connectivity index (χ0v) is 22.7. The van der Waals surface area contributed by atoms with Gasteiger partial charge in [-0.2, -0.15) is 0 Å². The van der Waals surface area contributed by atoms with E-state index in [9.17, 15) is 15.1 Å². The van der Waals surface area contributed by atoms with Gasteiger partial charge in [0.05, 0.1) is 17.7 Å². The van der Waals surface area contributed by atoms with E-state index in [0.717, 1.165) is 4.68 Å². The maximum atomic E-state index is 12.3. The Balaban J connectivity index is 2.43. The minimum Gasteiger partial charge on any atom is -0.437 e. The van der Waals surface area contributed by atoms with Crippen molar-refractivity contribution < 1.29 is 28.1 Å². The predicted octanol–water partition coefficient (Wildman–Crippen LogP) is 1.84. The highest BCUT2D eigenvalue weighted by Crippen LogP contribution is 2.42. The van der Waals surface area contributed by atoms with E-state index < -0.39 is 42.1 Å². The van der Waals surface area contributed by atoms with E-state index in [-0.39, 0.29) is 28.2 Å². The highest BCUT2D eigenvalue weighted by molar-refractivity contribution is 6.78. The quantitative estimate of drug-likeness (QED) is 0.335. The number of ether oxygens (including phenoxy) is 1. The molecule has 12 heteroatoms. The molecule has 4 unspecified atom stereocenters. The highest BCUT2D eigenvalue weighted by Gasteiger charge is 2.55. The molecule has 32 heavy (non-hydrogen) atoms. The second-order valence-electron chi connectivity index (χ2n) is 9.90. The summed E-state index contributed by atoms with van der Waals surface area (Å²) >= 11 is 0. The summed E-state index contributed by atoms with van der Waals surface area (Å²) in [5.41, 5.74) is 6.62. The molecule has 1 aliphatic heterocycles. The first-order valence-electron chi connectivity index (χ1n) is 11.4. The van der Waals surface area contributed by atoms with Crippen molar-refractivity contribution in [2.75, 3.05) is 12.3 Å². The summed E-state index contributed by atoms with van der Waals surface area (Å²) < 4.78 is 20.9. The number of nitrogen functional groups attached to an aromatic ring is 1. The van der Waals surface area contributed by atoms with Crippen LogP contribution in [0.4, 0.5) is 5.82 Å². The number of anilines is 1. The first-order chi connectivity index (χ1) is 14.8. The van der Waals surface area contributed by atoms with E-state index >= 15 is 0 Å². The molecule has 0 aromatic carbocycles. The van der Waals surface area contributed by atoms with Gasteiger partial charge >= 0.3 is 8.56 Å². The van der Waals surface area contributed by atoms with Gasteiger partial charge in [0.25, 0.3) is 4.66 Å². The second kappa shape index (κ2) is 10.8. The van der Waals surface area contributed by atoms with Crippen molar-refractivity contribution >= 4 is 23.4 Å². The van der Waals surface area contributed by atoms with Gasteiger partial charge in [-0.15, -0.1) is 0 Å². The second-order valence-corrected chi connectivity index (χ2v) is 18.4. The van der Waals surface area contributed by atoms with Crippen molar-refractivity contribution in [3.8, 4) is 0 Å². The average molecular weight is 490 g/mol. The molecular formula is C20H41N4O6Si2+. The molecule has 4 N–H and O–H groups in total. The fourth-order valence-electron chi connectivity index (χ4n) is 4.51. The molecule has 1 aromatic rings. The van der Waals surface area contributed by atoms with Crippen LogP contribution in [-0.4, -0.2) is 62.5 Å². The van der Waals surface area contributed by atoms with Gasteiger partial charge in [0, 0.05) is 6.07 Å². The van der Waals surface area contributed by atoms with Crippen LogP contribution in [0.1, 0.15) is 61.6 Å². The molecule has 0 saturated carbocycles. The standard InChI is InChI=1S/C20H41N4O6Si2/c1-12(2)31(13(3)4)30-32(14(5)6,15(7)8)29-19-16(11-25)28-20(18(19)26)23-10-9-17(21)22-24(23)27/h9-10,12-16,18-20,25-26,31H,11H2,1-8H3,(H2,21,22,27)/q+1. The molecule has 0 aliphatic carbocycles. The van der Waals surface area contributed by atoms with E-state index in [0.29, 0.717) is 11.1 Å². The molecule has 0 spiro atoms. The molecule has 1 aliphatic rings. The molecule has 2 heterocycles. The summed E-state index contributed by atoms with van der Waals surface area (Å²) in [6, 6.07) is 1.44. The molecule has 0 amide bonds. The third-order valence-electron chi connectivity index (χ3n) is 6.11. The summed E-state index contributed by atoms with van der Waals surface area (Å²) in [4.78, 5) is 12.3. The lowest BCUT2D eigenvalue weighted by molar-refractivity contribution is -0.668. The van der Waals surface area contributed by atoms with Gasteiger partial charge < -0.3 is 29.2 Å². The third kappa shape index (κ3) is 5.49. The fourth-order valence-corrected chi connectivity index (χ4v) is 14.9. The SMILES string of the molecule is CC(C)[SiH](O[Si](OC1C(CO)OC(n2ccc(N)n[n+]2=O)C1O)(C(C)C)C(C)C)C(C)C. The Kier molecular flexibility index (Phi) is 9.18. The molecule has 0 radical (unpaired) electrons. The van der Waals surface area contributed by atoms with Crippen LogP contribution in [0.25, 0.3) is 0 Å². The van der Waals surface area contributed by atoms with Gasteiger partial charge in [-0.25, -0.2) is 0 Å². The van der Waals surface area contributed by atoms with E-state index in [1.807, 2.05) is 0 Å². The maximum absolute atomic E-state index is 12.3. The Morgan fingerprint density at radius 2 is 1.78 bits per heavy atom. The van der Waals surface area contributed by atoms with E-state index in [1.165, 1.54) is 12.3 Å². The number of nitrogens with zero attached hydrogens (tertiary/aromatic N) is 3. The van der Waals surface area contributed by atoms with Crippen molar-refractivity contribution in [2.24, 2.45) is 0 Å². The number of aromatic nitrogens is 3. The molecule has 1 fully saturated rings. The Morgan fingerprint density at radius 1 is 1.22 bits per heavy atom. The lowest BCUT2D eigenvalue weighted by atomic mass is 10.1. The van der Waals surface area contributed by atoms with Crippen LogP contribution < -0.4 is 10.4 Å². The number of hydrogen-bond acceptors (Lipinski definition) is 8. The molecular weight excluding hydrogens is 448 g/mol. The van der Waals surface area contributed by atoms with Crippen LogP contribution in [0.15, 0.2) is 12.3 Å². The van der Waals surface area contributed by atoms with Gasteiger partial charge in [0.1, 0.15) is 23.4 Å². The van der Waals surface area contributed by atoms with E-state index in [2.05, 4.69) is 60.5 Å². The zero-order chi connectivity index (χ0) is 24.4. The molecule has 4 atom stereocenters. The van der Waals surface area contributed by atoms with Crippen LogP contribution in [0.5, 0.6) is 0 Å². The van der Waals surface area contributed by atoms with Crippen molar-refractivity contribution in [3.05, 3.63) is 17.2 Å². The normalized spacial score (nSPS) is 24.6. The maximum Gasteiger partial charge on any atom is 0.333 e. The fraction of sp³-hybridized carbons (Fsp3) is 0.850. The topological polar surface area (TPSA) is 135 Å². The van der Waals surface area contributed by atoms with Crippen molar-refractivity contribution in [1.29, 1.82) is 0 Å². The lowest BCUT2D eigenvalue weighted by Gasteiger charge is -2.44. The summed E-state index contributed by atoms with van der Waals surface area (Å²) in [6.45, 7) is 16.8. The van der Waals surface area contributed by atoms with Gasteiger partial charge in [-0.05, 0) is 22.2 Å². The molecule has 0 bridgehead atoms. The first kappa shape index (κ1) is 27.1. The molecule has 1 saturated heterocycles. The van der Waals surface area contributed by atoms with E-state index in [4.69, 9.17) is 19.0 Å². The average Bonchev–Trinajstić information content (AvgIpc) is 2.99. The summed E-state index contributed by atoms with van der Waals surface area (Å²) in [5, 5.41) is 24.8. The lowest BCUT2D eigenvalue weighted by Crippen LogP contribution is -2.57. The van der Waals surface area contributed by atoms with Crippen molar-refractivity contribution in [3.63, 3.8) is 0 Å². The number of hydrogen-bond donors (Lipinski definition) is 3. The molecule has 184 valence electrons. The Hall–Kier alpha value is -1.16. The number of nitrogens with two attached hydrogens (primary N) is 1. The minimum absolute atomic E-state index is 0.0491. The number of aliphatic hydroxyl groups excluding tert-OH is 2. The first-order valence-corrected chi connectivity index (χ1v) is 15.2. The van der Waals surface area contributed by atoms with Gasteiger partial charge in [0.15, 0.2) is 9.04 Å². The van der Waals surface area contributed by atoms with Gasteiger partial charge in [-0.1, -0.05) is 60.1 Å². The van der Waals surface area contributed by atoms with Crippen LogP contribution >= 0.6 is 0 Å². The Labute approximate surface area is 193 Å². The summed E-state index contributed by atoms with van der Waals surface area (Å²) in [5.74, 6) is 0.0491. The monoisotopic (exact) mass is 489 g/mol. The summed E-state index contributed by atoms with van der Waals surface area (Å²) in [6.07, 6.45) is -2.54. The third-order valence-corrected chi connectivity index (χ3v) is 15.2. The predicted molar refractivity (Wildman–Crippen MR) is 126 cm³/mol. The minimum atomic E-state index is -2.88. The number of rotatable bonds is 10. The molecule has 10 nitrogen and oxygen atoms in total. The van der Waals surface area contributed by atoms with Crippen molar-refractivity contribution in [1.82, 2.24) is 9.78 Å². The van der Waals surface area contributed by atoms with E-state index in [1.54, 1.807) is 0 Å². The number of aliphatic hydroxyl groups is 2. The zero-order valence-electron chi connectivity index (χ0n) is 20.5. The Morgan fingerprint density at radius 3 is 2.22 bits per heavy atom. The van der Waals surface area contributed by atoms with Crippen LogP contribution in [0.3, 0.4) is 0 Å². The van der Waals surface area contributed by atoms with Crippen LogP contribution in [0.2, 0.25) is 22.2 Å². The Bertz CT molecular complexity index is 791. The smallest absolute Gasteiger partial charge is 0.333 e. The molecule has 1 aromatic heterocycles. The highest BCUT2D eigenvalue weighted by atomic mass is 28.4. The van der Waals surface area contributed by atoms with Gasteiger partial charge in [-0.3, -0.25) is 0 Å². The molecule has 2 rings (SSSR count). The van der Waals surface area contributed by atoms with Gasteiger partial charge in [0.2, 0.25) is 12.0 Å². The van der Waals surface area contributed by atoms with Crippen molar-refractivity contribution in [2.45, 2.75) is 102 Å². The van der Waals surface area contributed by atoms with Crippen LogP contribution in [-0.2, 0) is 13.3 Å². The summed E-state index contributed by atoms with van der Waals surface area (Å²) in [7, 11) is -4.52. The van der Waals surface area contributed by atoms with Crippen LogP contribution in [0, 0.1) is 4.91 Å². The largest absolute Gasteiger partial charge is 0.437 e.